The molecule has 3 aliphatic heterocycles. The van der Waals surface area contributed by atoms with Gasteiger partial charge < -0.3 is 20.9 Å². The van der Waals surface area contributed by atoms with Crippen LogP contribution in [-0.4, -0.2) is 70.2 Å². The third-order valence-corrected chi connectivity index (χ3v) is 9.18. The first kappa shape index (κ1) is 26.2. The van der Waals surface area contributed by atoms with Crippen molar-refractivity contribution in [1.82, 2.24) is 20.9 Å². The topological polar surface area (TPSA) is 108 Å². The maximum absolute atomic E-state index is 13.5. The molecule has 0 aromatic heterocycles. The Morgan fingerprint density at radius 2 is 1.39 bits per heavy atom. The minimum Gasteiger partial charge on any atom is -0.343 e. The van der Waals surface area contributed by atoms with E-state index in [-0.39, 0.29) is 23.6 Å². The molecule has 33 heavy (non-hydrogen) atoms. The second-order valence-corrected chi connectivity index (χ2v) is 12.4. The molecular formula is C23H38N4O4S2. The Morgan fingerprint density at radius 1 is 0.758 bits per heavy atom. The minimum atomic E-state index is -1.20. The molecule has 8 nitrogen and oxygen atoms in total. The molecule has 3 rings (SSSR count). The Bertz CT molecular complexity index is 731. The van der Waals surface area contributed by atoms with Crippen LogP contribution in [0.15, 0.2) is 0 Å². The van der Waals surface area contributed by atoms with E-state index in [1.54, 1.807) is 18.7 Å². The monoisotopic (exact) mass is 498 g/mol. The van der Waals surface area contributed by atoms with Crippen LogP contribution in [0.25, 0.3) is 0 Å². The van der Waals surface area contributed by atoms with Crippen LogP contribution in [0.2, 0.25) is 0 Å². The Hall–Kier alpha value is -1.42. The van der Waals surface area contributed by atoms with E-state index in [4.69, 9.17) is 0 Å². The van der Waals surface area contributed by atoms with Gasteiger partial charge in [-0.2, -0.15) is 0 Å². The van der Waals surface area contributed by atoms with Gasteiger partial charge in [-0.05, 0) is 52.4 Å². The minimum absolute atomic E-state index is 0.192. The first-order chi connectivity index (χ1) is 15.8. The van der Waals surface area contributed by atoms with Crippen molar-refractivity contribution in [3.8, 4) is 0 Å². The van der Waals surface area contributed by atoms with E-state index in [1.807, 2.05) is 21.6 Å². The van der Waals surface area contributed by atoms with Crippen LogP contribution in [0.4, 0.5) is 0 Å². The van der Waals surface area contributed by atoms with E-state index in [2.05, 4.69) is 16.0 Å². The number of fused-ring (bicyclic) bond motifs is 7. The predicted octanol–water partition coefficient (Wildman–Crippen LogP) is 2.37. The zero-order valence-electron chi connectivity index (χ0n) is 19.8. The van der Waals surface area contributed by atoms with Crippen LogP contribution < -0.4 is 16.0 Å². The van der Waals surface area contributed by atoms with Gasteiger partial charge in [0.15, 0.2) is 0 Å². The number of carbonyl (C=O) groups excluding carboxylic acids is 4. The quantitative estimate of drug-likeness (QED) is 0.443. The fraction of sp³-hybridized carbons (Fsp3) is 0.826. The first-order valence-electron chi connectivity index (χ1n) is 12.3. The zero-order valence-corrected chi connectivity index (χ0v) is 21.5. The molecule has 3 saturated heterocycles. The molecule has 0 aliphatic carbocycles. The Labute approximate surface area is 204 Å². The summed E-state index contributed by atoms with van der Waals surface area (Å²) < 4.78 is 0. The van der Waals surface area contributed by atoms with Crippen LogP contribution in [0.3, 0.4) is 0 Å². The highest BCUT2D eigenvalue weighted by Gasteiger charge is 2.42. The van der Waals surface area contributed by atoms with Crippen LogP contribution >= 0.6 is 21.6 Å². The summed E-state index contributed by atoms with van der Waals surface area (Å²) in [5.74, 6) is 0.972. The molecule has 0 saturated carbocycles. The molecule has 3 heterocycles. The Morgan fingerprint density at radius 3 is 2.06 bits per heavy atom. The maximum Gasteiger partial charge on any atom is 0.245 e. The standard InChI is InChI=1S/C23H38N4O4S2/c1-23(2)22(31)25-17-11-6-4-8-15-33-32-14-7-3-5-10-16(19(28)26-23)24-20(29)18-12-9-13-27(18)21(17)30/h16-18H,3-15H2,1-2H3,(H,24,29)(H,25,31)(H,26,28)/t16-,17-,18+/m0/s1. The molecule has 3 atom stereocenters. The van der Waals surface area contributed by atoms with Crippen molar-refractivity contribution in [2.24, 2.45) is 0 Å². The number of rotatable bonds is 0. The SMILES string of the molecule is CC1(C)NC(=O)[C@@H]2CCCCCSSCCCCC[C@H](NC1=O)C(=O)N1CCC[C@@H]1C(=O)N2. The highest BCUT2D eigenvalue weighted by Crippen LogP contribution is 2.26. The summed E-state index contributed by atoms with van der Waals surface area (Å²) >= 11 is 0. The summed E-state index contributed by atoms with van der Waals surface area (Å²) in [6, 6.07) is -2.00. The van der Waals surface area contributed by atoms with Crippen LogP contribution in [0.1, 0.15) is 78.1 Å². The van der Waals surface area contributed by atoms with Gasteiger partial charge in [-0.1, -0.05) is 47.3 Å². The molecule has 0 radical (unpaired) electrons. The molecule has 3 N–H and O–H groups in total. The van der Waals surface area contributed by atoms with Gasteiger partial charge >= 0.3 is 0 Å². The maximum atomic E-state index is 13.5. The van der Waals surface area contributed by atoms with Crippen molar-refractivity contribution in [3.05, 3.63) is 0 Å². The number of hydrogen-bond acceptors (Lipinski definition) is 6. The predicted molar refractivity (Wildman–Crippen MR) is 133 cm³/mol. The van der Waals surface area contributed by atoms with Crippen molar-refractivity contribution in [2.75, 3.05) is 18.1 Å². The number of nitrogens with zero attached hydrogens (tertiary/aromatic N) is 1. The molecule has 4 amide bonds. The van der Waals surface area contributed by atoms with Crippen molar-refractivity contribution in [3.63, 3.8) is 0 Å². The fourth-order valence-corrected chi connectivity index (χ4v) is 6.87. The van der Waals surface area contributed by atoms with Gasteiger partial charge in [-0.3, -0.25) is 19.2 Å². The van der Waals surface area contributed by atoms with Crippen molar-refractivity contribution < 1.29 is 19.2 Å². The van der Waals surface area contributed by atoms with Gasteiger partial charge in [0.2, 0.25) is 23.6 Å². The molecule has 3 fully saturated rings. The van der Waals surface area contributed by atoms with E-state index < -0.39 is 23.7 Å². The fourth-order valence-electron chi connectivity index (χ4n) is 4.58. The summed E-state index contributed by atoms with van der Waals surface area (Å²) in [7, 11) is 3.78. The molecule has 0 aromatic carbocycles. The van der Waals surface area contributed by atoms with E-state index in [9.17, 15) is 19.2 Å². The molecule has 3 aliphatic rings. The van der Waals surface area contributed by atoms with Gasteiger partial charge in [-0.25, -0.2) is 0 Å². The molecule has 186 valence electrons. The van der Waals surface area contributed by atoms with Crippen molar-refractivity contribution in [1.29, 1.82) is 0 Å². The largest absolute Gasteiger partial charge is 0.343 e. The molecule has 0 spiro atoms. The first-order valence-corrected chi connectivity index (χ1v) is 14.8. The summed E-state index contributed by atoms with van der Waals surface area (Å²) in [6.07, 6.45) is 8.09. The number of amides is 4. The number of hydrogen-bond donors (Lipinski definition) is 3. The van der Waals surface area contributed by atoms with Gasteiger partial charge in [-0.15, -0.1) is 0 Å². The molecule has 2 bridgehead atoms. The lowest BCUT2D eigenvalue weighted by atomic mass is 9.99. The second-order valence-electron chi connectivity index (χ2n) is 9.73. The molecule has 0 aromatic rings. The van der Waals surface area contributed by atoms with E-state index in [1.165, 1.54) is 0 Å². The van der Waals surface area contributed by atoms with Crippen LogP contribution in [0, 0.1) is 0 Å². The van der Waals surface area contributed by atoms with Gasteiger partial charge in [0, 0.05) is 18.1 Å². The van der Waals surface area contributed by atoms with Gasteiger partial charge in [0.25, 0.3) is 0 Å². The van der Waals surface area contributed by atoms with Gasteiger partial charge in [0.05, 0.1) is 0 Å². The van der Waals surface area contributed by atoms with Crippen molar-refractivity contribution in [2.45, 2.75) is 102 Å². The molecular weight excluding hydrogens is 460 g/mol. The lowest BCUT2D eigenvalue weighted by Gasteiger charge is -2.34. The Kier molecular flexibility index (Phi) is 9.79. The van der Waals surface area contributed by atoms with E-state index in [0.717, 1.165) is 56.5 Å². The van der Waals surface area contributed by atoms with Crippen molar-refractivity contribution >= 4 is 45.2 Å². The summed E-state index contributed by atoms with van der Waals surface area (Å²) in [5.41, 5.74) is -1.20. The zero-order chi connectivity index (χ0) is 23.8. The third-order valence-electron chi connectivity index (χ3n) is 6.60. The third kappa shape index (κ3) is 7.28. The van der Waals surface area contributed by atoms with Crippen LogP contribution in [-0.2, 0) is 19.2 Å². The Balaban J connectivity index is 1.90. The second kappa shape index (κ2) is 12.3. The lowest BCUT2D eigenvalue weighted by Crippen LogP contribution is -2.64. The van der Waals surface area contributed by atoms with Gasteiger partial charge in [0.1, 0.15) is 23.7 Å². The summed E-state index contributed by atoms with van der Waals surface area (Å²) in [5, 5.41) is 8.64. The molecule has 0 unspecified atom stereocenters. The lowest BCUT2D eigenvalue weighted by molar-refractivity contribution is -0.144. The normalized spacial score (nSPS) is 31.0. The van der Waals surface area contributed by atoms with E-state index in [0.29, 0.717) is 25.8 Å². The summed E-state index contributed by atoms with van der Waals surface area (Å²) in [6.45, 7) is 3.78. The number of carbonyl (C=O) groups is 4. The smallest absolute Gasteiger partial charge is 0.245 e. The average molecular weight is 499 g/mol. The highest BCUT2D eigenvalue weighted by atomic mass is 33.1. The van der Waals surface area contributed by atoms with Crippen LogP contribution in [0.5, 0.6) is 0 Å². The van der Waals surface area contributed by atoms with E-state index >= 15 is 0 Å². The number of nitrogens with one attached hydrogen (secondary N) is 3. The average Bonchev–Trinajstić information content (AvgIpc) is 3.26. The summed E-state index contributed by atoms with van der Waals surface area (Å²) in [4.78, 5) is 54.5. The molecule has 10 heteroatoms. The highest BCUT2D eigenvalue weighted by molar-refractivity contribution is 8.76.